The van der Waals surface area contributed by atoms with E-state index in [4.69, 9.17) is 10.5 Å². The third-order valence-corrected chi connectivity index (χ3v) is 2.36. The van der Waals surface area contributed by atoms with Crippen LogP contribution in [0.15, 0.2) is 0 Å². The first-order valence-corrected chi connectivity index (χ1v) is 6.09. The molecule has 5 heteroatoms. The molecule has 5 nitrogen and oxygen atoms in total. The van der Waals surface area contributed by atoms with Crippen LogP contribution in [0.2, 0.25) is 0 Å². The lowest BCUT2D eigenvalue weighted by molar-refractivity contribution is -0.150. The van der Waals surface area contributed by atoms with Gasteiger partial charge in [-0.1, -0.05) is 0 Å². The van der Waals surface area contributed by atoms with E-state index in [1.165, 1.54) is 4.90 Å². The fraction of sp³-hybridized carbons (Fsp3) is 0.833. The van der Waals surface area contributed by atoms with Crippen molar-refractivity contribution in [3.63, 3.8) is 0 Å². The van der Waals surface area contributed by atoms with Crippen LogP contribution in [0.1, 0.15) is 40.5 Å². The SMILES string of the molecule is CCOC(=O)CN(C(=O)CCC(C)N)C(C)C. The number of hydrogen-bond acceptors (Lipinski definition) is 4. The van der Waals surface area contributed by atoms with Crippen molar-refractivity contribution in [1.82, 2.24) is 4.90 Å². The zero-order chi connectivity index (χ0) is 13.4. The minimum atomic E-state index is -0.365. The van der Waals surface area contributed by atoms with Crippen LogP contribution in [0.5, 0.6) is 0 Å². The van der Waals surface area contributed by atoms with Gasteiger partial charge in [-0.3, -0.25) is 9.59 Å². The zero-order valence-electron chi connectivity index (χ0n) is 11.2. The summed E-state index contributed by atoms with van der Waals surface area (Å²) in [6.45, 7) is 7.71. The van der Waals surface area contributed by atoms with Gasteiger partial charge in [-0.15, -0.1) is 0 Å². The van der Waals surface area contributed by atoms with Gasteiger partial charge >= 0.3 is 5.97 Å². The number of nitrogens with two attached hydrogens (primary N) is 1. The van der Waals surface area contributed by atoms with Gasteiger partial charge in [-0.25, -0.2) is 0 Å². The Morgan fingerprint density at radius 2 is 1.88 bits per heavy atom. The average Bonchev–Trinajstić information content (AvgIpc) is 2.22. The van der Waals surface area contributed by atoms with Gasteiger partial charge in [0, 0.05) is 18.5 Å². The number of carbonyl (C=O) groups excluding carboxylic acids is 2. The highest BCUT2D eigenvalue weighted by Crippen LogP contribution is 2.05. The molecule has 0 aromatic heterocycles. The number of rotatable bonds is 7. The smallest absolute Gasteiger partial charge is 0.325 e. The van der Waals surface area contributed by atoms with Crippen molar-refractivity contribution >= 4 is 11.9 Å². The van der Waals surface area contributed by atoms with Crippen molar-refractivity contribution in [2.45, 2.75) is 52.6 Å². The van der Waals surface area contributed by atoms with E-state index >= 15 is 0 Å². The molecule has 0 saturated carbocycles. The summed E-state index contributed by atoms with van der Waals surface area (Å²) in [5.41, 5.74) is 5.60. The molecule has 0 spiro atoms. The van der Waals surface area contributed by atoms with Crippen LogP contribution in [0.4, 0.5) is 0 Å². The second kappa shape index (κ2) is 8.06. The molecule has 1 atom stereocenters. The summed E-state index contributed by atoms with van der Waals surface area (Å²) in [5, 5.41) is 0. The molecule has 0 aliphatic carbocycles. The van der Waals surface area contributed by atoms with Crippen LogP contribution in [0.25, 0.3) is 0 Å². The van der Waals surface area contributed by atoms with Crippen molar-refractivity contribution in [2.24, 2.45) is 5.73 Å². The molecule has 0 aromatic rings. The summed E-state index contributed by atoms with van der Waals surface area (Å²) in [5.74, 6) is -0.416. The van der Waals surface area contributed by atoms with E-state index in [1.54, 1.807) is 6.92 Å². The first kappa shape index (κ1) is 15.9. The van der Waals surface area contributed by atoms with Crippen molar-refractivity contribution in [2.75, 3.05) is 13.2 Å². The van der Waals surface area contributed by atoms with Crippen molar-refractivity contribution in [1.29, 1.82) is 0 Å². The number of carbonyl (C=O) groups is 2. The minimum absolute atomic E-state index is 0.00412. The molecule has 0 radical (unpaired) electrons. The molecule has 1 amide bonds. The van der Waals surface area contributed by atoms with Crippen LogP contribution in [0, 0.1) is 0 Å². The highest BCUT2D eigenvalue weighted by molar-refractivity contribution is 5.82. The highest BCUT2D eigenvalue weighted by Gasteiger charge is 2.20. The molecule has 0 aliphatic heterocycles. The number of nitrogens with zero attached hydrogens (tertiary/aromatic N) is 1. The summed E-state index contributed by atoms with van der Waals surface area (Å²) >= 11 is 0. The lowest BCUT2D eigenvalue weighted by atomic mass is 10.1. The van der Waals surface area contributed by atoms with Crippen LogP contribution < -0.4 is 5.73 Å². The molecule has 0 aliphatic rings. The molecule has 100 valence electrons. The number of esters is 1. The van der Waals surface area contributed by atoms with E-state index in [0.717, 1.165) is 0 Å². The van der Waals surface area contributed by atoms with Crippen LogP contribution in [0.3, 0.4) is 0 Å². The lowest BCUT2D eigenvalue weighted by Gasteiger charge is -2.26. The summed E-state index contributed by atoms with van der Waals surface area (Å²) in [4.78, 5) is 24.8. The summed E-state index contributed by atoms with van der Waals surface area (Å²) < 4.78 is 4.84. The first-order valence-electron chi connectivity index (χ1n) is 6.09. The fourth-order valence-corrected chi connectivity index (χ4v) is 1.40. The summed E-state index contributed by atoms with van der Waals surface area (Å²) in [7, 11) is 0. The maximum Gasteiger partial charge on any atom is 0.325 e. The van der Waals surface area contributed by atoms with Gasteiger partial charge < -0.3 is 15.4 Å². The second-order valence-corrected chi connectivity index (χ2v) is 4.44. The van der Waals surface area contributed by atoms with Gasteiger partial charge in [0.05, 0.1) is 6.61 Å². The normalized spacial score (nSPS) is 12.4. The number of ether oxygens (including phenoxy) is 1. The maximum absolute atomic E-state index is 11.9. The molecule has 0 heterocycles. The van der Waals surface area contributed by atoms with Gasteiger partial charge in [-0.05, 0) is 34.1 Å². The van der Waals surface area contributed by atoms with Gasteiger partial charge in [0.15, 0.2) is 0 Å². The van der Waals surface area contributed by atoms with Crippen LogP contribution >= 0.6 is 0 Å². The molecule has 17 heavy (non-hydrogen) atoms. The number of amides is 1. The Hall–Kier alpha value is -1.10. The standard InChI is InChI=1S/C12H24N2O3/c1-5-17-12(16)8-14(9(2)3)11(15)7-6-10(4)13/h9-10H,5-8,13H2,1-4H3. The van der Waals surface area contributed by atoms with Gasteiger partial charge in [0.2, 0.25) is 5.91 Å². The molecule has 1 unspecified atom stereocenters. The molecule has 0 aromatic carbocycles. The van der Waals surface area contributed by atoms with Crippen molar-refractivity contribution in [3.05, 3.63) is 0 Å². The largest absolute Gasteiger partial charge is 0.465 e. The molecular weight excluding hydrogens is 220 g/mol. The Kier molecular flexibility index (Phi) is 7.54. The molecule has 0 rings (SSSR count). The van der Waals surface area contributed by atoms with Crippen LogP contribution in [-0.2, 0) is 14.3 Å². The zero-order valence-corrected chi connectivity index (χ0v) is 11.2. The van der Waals surface area contributed by atoms with Gasteiger partial charge in [0.25, 0.3) is 0 Å². The average molecular weight is 244 g/mol. The summed E-state index contributed by atoms with van der Waals surface area (Å²) in [6.07, 6.45) is 1.00. The van der Waals surface area contributed by atoms with E-state index in [9.17, 15) is 9.59 Å². The Labute approximate surface area is 103 Å². The lowest BCUT2D eigenvalue weighted by Crippen LogP contribution is -2.41. The van der Waals surface area contributed by atoms with Crippen molar-refractivity contribution in [3.8, 4) is 0 Å². The van der Waals surface area contributed by atoms with Crippen molar-refractivity contribution < 1.29 is 14.3 Å². The Balaban J connectivity index is 4.31. The van der Waals surface area contributed by atoms with E-state index in [2.05, 4.69) is 0 Å². The Morgan fingerprint density at radius 1 is 1.29 bits per heavy atom. The summed E-state index contributed by atoms with van der Waals surface area (Å²) in [6, 6.07) is -0.0180. The first-order chi connectivity index (χ1) is 7.88. The predicted octanol–water partition coefficient (Wildman–Crippen LogP) is 0.914. The van der Waals surface area contributed by atoms with Crippen LogP contribution in [-0.4, -0.2) is 42.0 Å². The Bertz CT molecular complexity index is 252. The van der Waals surface area contributed by atoms with E-state index in [0.29, 0.717) is 19.4 Å². The van der Waals surface area contributed by atoms with E-state index < -0.39 is 0 Å². The van der Waals surface area contributed by atoms with Gasteiger partial charge in [0.1, 0.15) is 6.54 Å². The maximum atomic E-state index is 11.9. The molecule has 2 N–H and O–H groups in total. The molecule has 0 saturated heterocycles. The number of hydrogen-bond donors (Lipinski definition) is 1. The van der Waals surface area contributed by atoms with E-state index in [-0.39, 0.29) is 30.5 Å². The van der Waals surface area contributed by atoms with Gasteiger partial charge in [-0.2, -0.15) is 0 Å². The topological polar surface area (TPSA) is 72.6 Å². The predicted molar refractivity (Wildman–Crippen MR) is 66.4 cm³/mol. The van der Waals surface area contributed by atoms with E-state index in [1.807, 2.05) is 20.8 Å². The quantitative estimate of drug-likeness (QED) is 0.676. The highest BCUT2D eigenvalue weighted by atomic mass is 16.5. The molecule has 0 fully saturated rings. The Morgan fingerprint density at radius 3 is 2.29 bits per heavy atom. The second-order valence-electron chi connectivity index (χ2n) is 4.44. The minimum Gasteiger partial charge on any atom is -0.465 e. The third kappa shape index (κ3) is 6.94. The third-order valence-electron chi connectivity index (χ3n) is 2.36. The monoisotopic (exact) mass is 244 g/mol. The molecular formula is C12H24N2O3. The fourth-order valence-electron chi connectivity index (χ4n) is 1.40. The molecule has 0 bridgehead atoms.